The van der Waals surface area contributed by atoms with Crippen molar-refractivity contribution in [3.63, 3.8) is 0 Å². The first-order chi connectivity index (χ1) is 16.1. The highest BCUT2D eigenvalue weighted by Crippen LogP contribution is 2.36. The van der Waals surface area contributed by atoms with Crippen molar-refractivity contribution < 1.29 is 9.84 Å². The van der Waals surface area contributed by atoms with Crippen LogP contribution in [0.15, 0.2) is 36.4 Å². The van der Waals surface area contributed by atoms with E-state index in [4.69, 9.17) is 15.6 Å². The summed E-state index contributed by atoms with van der Waals surface area (Å²) in [5.41, 5.74) is 10.3. The van der Waals surface area contributed by atoms with Crippen molar-refractivity contribution >= 4 is 11.3 Å². The van der Waals surface area contributed by atoms with Crippen LogP contribution in [0.25, 0.3) is 21.1 Å². The number of hydrogen-bond donors (Lipinski definition) is 2. The van der Waals surface area contributed by atoms with Gasteiger partial charge in [0.25, 0.3) is 0 Å². The molecule has 4 rings (SSSR count). The number of nitrogens with two attached hydrogens (primary N) is 1. The third kappa shape index (κ3) is 7.10. The number of fused-ring (bicyclic) bond motifs is 1. The van der Waals surface area contributed by atoms with E-state index in [-0.39, 0.29) is 12.7 Å². The fourth-order valence-electron chi connectivity index (χ4n) is 3.54. The molecule has 0 bridgehead atoms. The molecule has 1 aliphatic rings. The molecule has 0 unspecified atom stereocenters. The minimum atomic E-state index is 0.0281. The molecule has 0 spiro atoms. The Labute approximate surface area is 201 Å². The molecule has 0 atom stereocenters. The molecule has 176 valence electrons. The number of aliphatic hydroxyl groups excluding tert-OH is 1. The van der Waals surface area contributed by atoms with Crippen LogP contribution >= 0.6 is 11.3 Å². The molecule has 0 saturated heterocycles. The number of aromatic nitrogens is 2. The first-order valence-corrected chi connectivity index (χ1v) is 12.4. The van der Waals surface area contributed by atoms with Gasteiger partial charge in [0.05, 0.1) is 18.3 Å². The third-order valence-corrected chi connectivity index (χ3v) is 5.90. The van der Waals surface area contributed by atoms with Crippen molar-refractivity contribution in [1.29, 1.82) is 5.26 Å². The Morgan fingerprint density at radius 2 is 1.82 bits per heavy atom. The average Bonchev–Trinajstić information content (AvgIpc) is 3.35. The van der Waals surface area contributed by atoms with Crippen LogP contribution < -0.4 is 10.5 Å². The molecule has 1 heterocycles. The highest BCUT2D eigenvalue weighted by molar-refractivity contribution is 7.17. The number of aryl methyl sites for hydroxylation is 1. The zero-order valence-electron chi connectivity index (χ0n) is 20.0. The normalized spacial score (nSPS) is 11.9. The van der Waals surface area contributed by atoms with Gasteiger partial charge in [-0.3, -0.25) is 0 Å². The van der Waals surface area contributed by atoms with Gasteiger partial charge in [0.1, 0.15) is 21.8 Å². The van der Waals surface area contributed by atoms with Crippen molar-refractivity contribution in [3.05, 3.63) is 53.1 Å². The Balaban J connectivity index is 0.000000582. The van der Waals surface area contributed by atoms with Crippen molar-refractivity contribution in [1.82, 2.24) is 10.2 Å². The summed E-state index contributed by atoms with van der Waals surface area (Å²) >= 11 is 1.58. The lowest BCUT2D eigenvalue weighted by molar-refractivity contribution is 0.242. The fourth-order valence-corrected chi connectivity index (χ4v) is 4.43. The van der Waals surface area contributed by atoms with Crippen LogP contribution in [-0.2, 0) is 12.8 Å². The molecular weight excluding hydrogens is 432 g/mol. The molecule has 0 fully saturated rings. The summed E-state index contributed by atoms with van der Waals surface area (Å²) in [7, 11) is 0. The number of ether oxygens (including phenoxy) is 1. The predicted octanol–water partition coefficient (Wildman–Crippen LogP) is 5.37. The highest BCUT2D eigenvalue weighted by Gasteiger charge is 2.18. The van der Waals surface area contributed by atoms with Gasteiger partial charge in [-0.15, -0.1) is 10.2 Å². The largest absolute Gasteiger partial charge is 0.490 e. The van der Waals surface area contributed by atoms with E-state index >= 15 is 0 Å². The predicted molar refractivity (Wildman–Crippen MR) is 135 cm³/mol. The van der Waals surface area contributed by atoms with Gasteiger partial charge >= 0.3 is 0 Å². The molecule has 33 heavy (non-hydrogen) atoms. The maximum atomic E-state index is 9.46. The van der Waals surface area contributed by atoms with E-state index in [0.29, 0.717) is 17.9 Å². The minimum absolute atomic E-state index is 0.0281. The van der Waals surface area contributed by atoms with E-state index in [0.717, 1.165) is 28.4 Å². The van der Waals surface area contributed by atoms with E-state index in [9.17, 15) is 5.26 Å². The molecule has 0 radical (unpaired) electrons. The molecule has 0 amide bonds. The van der Waals surface area contributed by atoms with Crippen LogP contribution in [0.4, 0.5) is 0 Å². The zero-order chi connectivity index (χ0) is 24.2. The lowest BCUT2D eigenvalue weighted by Gasteiger charge is -2.17. The molecular formula is C26H34N4O2S. The lowest BCUT2D eigenvalue weighted by atomic mass is 9.88. The summed E-state index contributed by atoms with van der Waals surface area (Å²) in [5.74, 6) is 0.609. The van der Waals surface area contributed by atoms with E-state index < -0.39 is 0 Å². The Morgan fingerprint density at radius 3 is 2.48 bits per heavy atom. The summed E-state index contributed by atoms with van der Waals surface area (Å²) in [6.45, 7) is 8.37. The van der Waals surface area contributed by atoms with E-state index in [2.05, 4.69) is 34.5 Å². The minimum Gasteiger partial charge on any atom is -0.490 e. The van der Waals surface area contributed by atoms with Gasteiger partial charge in [-0.1, -0.05) is 43.4 Å². The first kappa shape index (κ1) is 26.5. The maximum Gasteiger partial charge on any atom is 0.148 e. The monoisotopic (exact) mass is 466 g/mol. The van der Waals surface area contributed by atoms with Crippen molar-refractivity contribution in [3.8, 4) is 33.0 Å². The second-order valence-electron chi connectivity index (χ2n) is 7.56. The van der Waals surface area contributed by atoms with E-state index in [1.165, 1.54) is 29.5 Å². The molecule has 1 aromatic heterocycles. The smallest absolute Gasteiger partial charge is 0.148 e. The standard InChI is InChI=1S/C22H21N3OS.C2H7NO.C2H6/c1-14(2)26-20-11-10-16(12-17(20)13-23)21-24-25-22(27-21)19-9-5-7-15-6-3-4-8-18(15)19;3-1-2-4;1-2/h5,7,9-12,14H,3-4,6,8H2,1-2H3;4H,1-3H2;1-2H3. The van der Waals surface area contributed by atoms with Gasteiger partial charge in [-0.2, -0.15) is 5.26 Å². The van der Waals surface area contributed by atoms with Gasteiger partial charge in [0.2, 0.25) is 0 Å². The summed E-state index contributed by atoms with van der Waals surface area (Å²) in [6, 6.07) is 14.3. The second kappa shape index (κ2) is 13.7. The summed E-state index contributed by atoms with van der Waals surface area (Å²) in [5, 5.41) is 27.8. The molecule has 6 nitrogen and oxygen atoms in total. The number of nitriles is 1. The Kier molecular flexibility index (Phi) is 11.0. The fraction of sp³-hybridized carbons (Fsp3) is 0.423. The van der Waals surface area contributed by atoms with Crippen LogP contribution in [0.1, 0.15) is 57.2 Å². The van der Waals surface area contributed by atoms with E-state index in [1.807, 2.05) is 45.9 Å². The summed E-state index contributed by atoms with van der Waals surface area (Å²) < 4.78 is 5.71. The number of aliphatic hydroxyl groups is 1. The molecule has 1 aliphatic carbocycles. The van der Waals surface area contributed by atoms with Crippen molar-refractivity contribution in [2.45, 2.75) is 59.5 Å². The second-order valence-corrected chi connectivity index (χ2v) is 8.54. The molecule has 3 aromatic rings. The SMILES string of the molecule is CC.CC(C)Oc1ccc(-c2nnc(-c3cccc4c3CCCC4)s2)cc1C#N.NCCO. The Morgan fingerprint density at radius 1 is 1.12 bits per heavy atom. The van der Waals surface area contributed by atoms with E-state index in [1.54, 1.807) is 11.3 Å². The molecule has 2 aromatic carbocycles. The molecule has 0 aliphatic heterocycles. The van der Waals surface area contributed by atoms with Gasteiger partial charge in [0.15, 0.2) is 0 Å². The quantitative estimate of drug-likeness (QED) is 0.523. The van der Waals surface area contributed by atoms with Crippen LogP contribution in [0, 0.1) is 11.3 Å². The van der Waals surface area contributed by atoms with Gasteiger partial charge < -0.3 is 15.6 Å². The summed E-state index contributed by atoms with van der Waals surface area (Å²) in [4.78, 5) is 0. The number of benzene rings is 2. The first-order valence-electron chi connectivity index (χ1n) is 11.5. The number of hydrogen-bond acceptors (Lipinski definition) is 7. The number of rotatable bonds is 5. The molecule has 0 saturated carbocycles. The molecule has 7 heteroatoms. The molecule has 3 N–H and O–H groups in total. The lowest BCUT2D eigenvalue weighted by Crippen LogP contribution is -2.06. The summed E-state index contributed by atoms with van der Waals surface area (Å²) in [6.07, 6.45) is 4.79. The van der Waals surface area contributed by atoms with Crippen LogP contribution in [0.3, 0.4) is 0 Å². The average molecular weight is 467 g/mol. The van der Waals surface area contributed by atoms with Gasteiger partial charge in [-0.25, -0.2) is 0 Å². The highest BCUT2D eigenvalue weighted by atomic mass is 32.1. The van der Waals surface area contributed by atoms with Crippen molar-refractivity contribution in [2.75, 3.05) is 13.2 Å². The number of nitrogens with zero attached hydrogens (tertiary/aromatic N) is 3. The zero-order valence-corrected chi connectivity index (χ0v) is 20.8. The maximum absolute atomic E-state index is 9.46. The van der Waals surface area contributed by atoms with Crippen LogP contribution in [-0.4, -0.2) is 34.6 Å². The Bertz CT molecular complexity index is 1050. The topological polar surface area (TPSA) is 105 Å². The van der Waals surface area contributed by atoms with Gasteiger partial charge in [0, 0.05) is 17.7 Å². The Hall–Kier alpha value is -2.79. The van der Waals surface area contributed by atoms with Crippen LogP contribution in [0.2, 0.25) is 0 Å². The van der Waals surface area contributed by atoms with Crippen molar-refractivity contribution in [2.24, 2.45) is 5.73 Å². The third-order valence-electron chi connectivity index (χ3n) is 4.89. The van der Waals surface area contributed by atoms with Gasteiger partial charge in [-0.05, 0) is 68.9 Å². The van der Waals surface area contributed by atoms with Crippen LogP contribution in [0.5, 0.6) is 5.75 Å².